The third-order valence-electron chi connectivity index (χ3n) is 5.62. The van der Waals surface area contributed by atoms with E-state index in [4.69, 9.17) is 22.1 Å². The van der Waals surface area contributed by atoms with E-state index in [0.717, 1.165) is 0 Å². The molecule has 0 fully saturated rings. The second-order valence-corrected chi connectivity index (χ2v) is 7.64. The van der Waals surface area contributed by atoms with Crippen LogP contribution in [0.3, 0.4) is 0 Å². The van der Waals surface area contributed by atoms with Crippen LogP contribution in [0, 0.1) is 28.6 Å². The van der Waals surface area contributed by atoms with E-state index in [1.807, 2.05) is 6.07 Å². The molecule has 7 nitrogen and oxygen atoms in total. The third kappa shape index (κ3) is 2.37. The molecular weight excluding hydrogens is 402 g/mol. The summed E-state index contributed by atoms with van der Waals surface area (Å²) < 4.78 is 5.94. The van der Waals surface area contributed by atoms with Gasteiger partial charge in [-0.2, -0.15) is 15.5 Å². The molecule has 0 saturated heterocycles. The number of rotatable bonds is 1. The van der Waals surface area contributed by atoms with Gasteiger partial charge in [-0.3, -0.25) is 0 Å². The monoisotopic (exact) mass is 415 g/mol. The largest absolute Gasteiger partial charge is 0.438 e. The normalized spacial score (nSPS) is 23.1. The molecule has 2 aromatic carbocycles. The lowest BCUT2D eigenvalue weighted by atomic mass is 9.69. The highest BCUT2D eigenvalue weighted by atomic mass is 35.5. The molecule has 4 N–H and O–H groups in total. The number of anilines is 2. The summed E-state index contributed by atoms with van der Waals surface area (Å²) in [6, 6.07) is 18.2. The quantitative estimate of drug-likeness (QED) is 0.550. The van der Waals surface area contributed by atoms with E-state index in [0.29, 0.717) is 33.1 Å². The number of pyridine rings is 1. The van der Waals surface area contributed by atoms with Gasteiger partial charge in [-0.15, -0.1) is 0 Å². The maximum absolute atomic E-state index is 11.8. The number of halogens is 1. The van der Waals surface area contributed by atoms with Crippen LogP contribution >= 0.6 is 11.6 Å². The predicted molar refractivity (Wildman–Crippen MR) is 110 cm³/mol. The molecule has 2 aliphatic rings. The minimum atomic E-state index is -1.79. The van der Waals surface area contributed by atoms with Gasteiger partial charge in [0.25, 0.3) is 0 Å². The number of benzene rings is 2. The van der Waals surface area contributed by atoms with Gasteiger partial charge in [-0.05, 0) is 18.2 Å². The molecule has 0 radical (unpaired) electrons. The summed E-state index contributed by atoms with van der Waals surface area (Å²) >= 11 is 6.24. The van der Waals surface area contributed by atoms with Crippen LogP contribution in [0.5, 0.6) is 11.6 Å². The average molecular weight is 416 g/mol. The Morgan fingerprint density at radius 1 is 1.20 bits per heavy atom. The molecule has 3 heterocycles. The molecule has 3 aromatic rings. The van der Waals surface area contributed by atoms with Crippen molar-refractivity contribution in [3.05, 3.63) is 75.8 Å². The molecule has 8 heteroatoms. The molecule has 30 heavy (non-hydrogen) atoms. The molecule has 3 atom stereocenters. The van der Waals surface area contributed by atoms with Gasteiger partial charge in [0.05, 0.1) is 11.8 Å². The second kappa shape index (κ2) is 6.36. The van der Waals surface area contributed by atoms with Crippen molar-refractivity contribution in [3.8, 4) is 23.8 Å². The number of nitrogens with one attached hydrogen (secondary N) is 1. The fraction of sp³-hybridized carbons (Fsp3) is 0.136. The summed E-state index contributed by atoms with van der Waals surface area (Å²) in [6.45, 7) is 0. The van der Waals surface area contributed by atoms with Crippen LogP contribution in [0.15, 0.2) is 48.5 Å². The first-order valence-corrected chi connectivity index (χ1v) is 9.52. The number of nitrogens with two attached hydrogens (primary N) is 1. The third-order valence-corrected chi connectivity index (χ3v) is 5.85. The number of aliphatic hydroxyl groups is 1. The van der Waals surface area contributed by atoms with Gasteiger partial charge in [0.2, 0.25) is 5.88 Å². The Labute approximate surface area is 176 Å². The fourth-order valence-corrected chi connectivity index (χ4v) is 4.47. The number of hydrogen-bond donors (Lipinski definition) is 3. The second-order valence-electron chi connectivity index (χ2n) is 7.20. The zero-order chi connectivity index (χ0) is 21.0. The van der Waals surface area contributed by atoms with Gasteiger partial charge in [0, 0.05) is 27.6 Å². The minimum Gasteiger partial charge on any atom is -0.438 e. The number of hydrogen-bond acceptors (Lipinski definition) is 7. The predicted octanol–water partition coefficient (Wildman–Crippen LogP) is 3.84. The van der Waals surface area contributed by atoms with Crippen LogP contribution in [-0.4, -0.2) is 10.1 Å². The number of nitrogen functional groups attached to an aromatic ring is 1. The molecule has 0 unspecified atom stereocenters. The van der Waals surface area contributed by atoms with Crippen molar-refractivity contribution in [2.45, 2.75) is 11.6 Å². The molecule has 0 bridgehead atoms. The Morgan fingerprint density at radius 2 is 1.97 bits per heavy atom. The molecule has 5 rings (SSSR count). The van der Waals surface area contributed by atoms with Crippen LogP contribution in [0.25, 0.3) is 0 Å². The summed E-state index contributed by atoms with van der Waals surface area (Å²) in [4.78, 5) is 4.26. The highest BCUT2D eigenvalue weighted by Crippen LogP contribution is 2.58. The zero-order valence-electron chi connectivity index (χ0n) is 15.4. The molecule has 0 spiro atoms. The van der Waals surface area contributed by atoms with E-state index >= 15 is 0 Å². The molecule has 2 aliphatic heterocycles. The maximum atomic E-state index is 11.8. The van der Waals surface area contributed by atoms with Crippen molar-refractivity contribution in [3.63, 3.8) is 0 Å². The lowest BCUT2D eigenvalue weighted by Gasteiger charge is -2.46. The Balaban J connectivity index is 1.87. The topological polar surface area (TPSA) is 128 Å². The Kier molecular flexibility index (Phi) is 3.87. The van der Waals surface area contributed by atoms with Gasteiger partial charge in [-0.25, -0.2) is 0 Å². The van der Waals surface area contributed by atoms with E-state index in [9.17, 15) is 15.6 Å². The van der Waals surface area contributed by atoms with Crippen molar-refractivity contribution >= 4 is 23.1 Å². The summed E-state index contributed by atoms with van der Waals surface area (Å²) in [5.74, 6) is -0.972. The van der Waals surface area contributed by atoms with Crippen molar-refractivity contribution in [2.75, 3.05) is 11.1 Å². The molecule has 1 aromatic heterocycles. The van der Waals surface area contributed by atoms with Gasteiger partial charge in [0.1, 0.15) is 29.1 Å². The summed E-state index contributed by atoms with van der Waals surface area (Å²) in [5.41, 5.74) is 6.23. The van der Waals surface area contributed by atoms with E-state index < -0.39 is 17.6 Å². The number of ether oxygens (including phenoxy) is 1. The van der Waals surface area contributed by atoms with E-state index in [2.05, 4.69) is 22.4 Å². The Morgan fingerprint density at radius 3 is 2.67 bits per heavy atom. The summed E-state index contributed by atoms with van der Waals surface area (Å²) in [7, 11) is 0. The summed E-state index contributed by atoms with van der Waals surface area (Å²) in [6.07, 6.45) is 0. The van der Waals surface area contributed by atoms with E-state index in [1.54, 1.807) is 42.5 Å². The molecular formula is C22H14ClN5O2. The lowest BCUT2D eigenvalue weighted by Crippen LogP contribution is -2.49. The molecule has 0 amide bonds. The number of aromatic nitrogens is 1. The molecule has 0 aliphatic carbocycles. The van der Waals surface area contributed by atoms with Crippen molar-refractivity contribution < 1.29 is 9.84 Å². The van der Waals surface area contributed by atoms with Crippen molar-refractivity contribution in [2.24, 2.45) is 5.92 Å². The summed E-state index contributed by atoms with van der Waals surface area (Å²) in [5, 5.41) is 35.2. The first-order valence-electron chi connectivity index (χ1n) is 9.14. The zero-order valence-corrected chi connectivity index (χ0v) is 16.2. The Bertz CT molecular complexity index is 1280. The van der Waals surface area contributed by atoms with Crippen LogP contribution < -0.4 is 15.8 Å². The molecule has 0 saturated carbocycles. The highest BCUT2D eigenvalue weighted by molar-refractivity contribution is 6.30. The number of fused-ring (bicyclic) bond motifs is 2. The van der Waals surface area contributed by atoms with Gasteiger partial charge < -0.3 is 20.9 Å². The van der Waals surface area contributed by atoms with Crippen LogP contribution in [0.1, 0.15) is 28.2 Å². The smallest absolute Gasteiger partial charge is 0.227 e. The molecule has 146 valence electrons. The first kappa shape index (κ1) is 18.3. The van der Waals surface area contributed by atoms with E-state index in [1.165, 1.54) is 0 Å². The van der Waals surface area contributed by atoms with Crippen LogP contribution in [-0.2, 0) is 5.72 Å². The van der Waals surface area contributed by atoms with Crippen molar-refractivity contribution in [1.29, 1.82) is 10.5 Å². The Hall–Kier alpha value is -3.78. The average Bonchev–Trinajstić information content (AvgIpc) is 2.74. The van der Waals surface area contributed by atoms with Crippen LogP contribution in [0.4, 0.5) is 11.5 Å². The standard InChI is InChI=1S/C22H14ClN5O2/c23-12-6-7-16-13(8-12)17-15(10-25)22(29,11-4-2-1-3-5-11)28-19-14(9-24)20(26)27-21(30-16)18(17)19/h1-8,15,17,28-29H,(H2,26,27)/t15-,17-,22+/m1/s1. The maximum Gasteiger partial charge on any atom is 0.227 e. The van der Waals surface area contributed by atoms with E-state index in [-0.39, 0.29) is 17.3 Å². The SMILES string of the molecule is N#Cc1c(N)nc2c3c1N[C@](O)(c1ccccc1)[C@H](C#N)[C@H]3c1cc(Cl)ccc1O2. The van der Waals surface area contributed by atoms with Gasteiger partial charge in [0.15, 0.2) is 5.72 Å². The first-order chi connectivity index (χ1) is 14.5. The minimum absolute atomic E-state index is 0.0271. The number of nitrogens with zero attached hydrogens (tertiary/aromatic N) is 3. The lowest BCUT2D eigenvalue weighted by molar-refractivity contribution is 0.0138. The highest BCUT2D eigenvalue weighted by Gasteiger charge is 2.53. The van der Waals surface area contributed by atoms with Gasteiger partial charge >= 0.3 is 0 Å². The van der Waals surface area contributed by atoms with Crippen molar-refractivity contribution in [1.82, 2.24) is 4.98 Å². The van der Waals surface area contributed by atoms with Gasteiger partial charge in [-0.1, -0.05) is 41.9 Å². The fourth-order valence-electron chi connectivity index (χ4n) is 4.29. The number of nitriles is 2. The van der Waals surface area contributed by atoms with Crippen LogP contribution in [0.2, 0.25) is 5.02 Å².